The largest absolute Gasteiger partial charge is 0.506 e. The van der Waals surface area contributed by atoms with Crippen molar-refractivity contribution in [3.8, 4) is 5.75 Å². The van der Waals surface area contributed by atoms with Crippen molar-refractivity contribution >= 4 is 34.8 Å². The molecule has 0 aliphatic rings. The van der Waals surface area contributed by atoms with Crippen molar-refractivity contribution in [1.82, 2.24) is 5.32 Å². The third-order valence-corrected chi connectivity index (χ3v) is 4.40. The van der Waals surface area contributed by atoms with Gasteiger partial charge in [0.1, 0.15) is 5.75 Å². The Balaban J connectivity index is 2.16. The summed E-state index contributed by atoms with van der Waals surface area (Å²) in [6.45, 7) is 6.34. The third kappa shape index (κ3) is 5.61. The Kier molecular flexibility index (Phi) is 6.53. The molecule has 0 aliphatic carbocycles. The quantitative estimate of drug-likeness (QED) is 0.565. The number of carbonyl (C=O) groups is 1. The number of nitrogens with one attached hydrogen (secondary N) is 2. The number of anilines is 1. The van der Waals surface area contributed by atoms with Gasteiger partial charge in [0, 0.05) is 17.6 Å². The second-order valence-electron chi connectivity index (χ2n) is 7.01. The van der Waals surface area contributed by atoms with Crippen LogP contribution in [-0.2, 0) is 0 Å². The van der Waals surface area contributed by atoms with E-state index in [9.17, 15) is 15.0 Å². The minimum Gasteiger partial charge on any atom is -0.506 e. The Labute approximate surface area is 162 Å². The van der Waals surface area contributed by atoms with E-state index in [1.165, 1.54) is 24.3 Å². The Hall–Kier alpha value is -1.79. The van der Waals surface area contributed by atoms with Crippen LogP contribution in [0, 0.1) is 0 Å². The molecule has 0 aliphatic heterocycles. The Bertz CT molecular complexity index is 804. The van der Waals surface area contributed by atoms with E-state index in [0.29, 0.717) is 22.7 Å². The summed E-state index contributed by atoms with van der Waals surface area (Å²) in [4.78, 5) is 12.4. The molecule has 0 fully saturated rings. The van der Waals surface area contributed by atoms with Crippen molar-refractivity contribution in [2.45, 2.75) is 32.4 Å². The number of phenols is 1. The SMILES string of the molecule is CC(C)(C)NCC(O)c1ccc(O)c(NC(=O)c2ccc(Cl)c(Cl)c2)c1. The highest BCUT2D eigenvalue weighted by atomic mass is 35.5. The second-order valence-corrected chi connectivity index (χ2v) is 7.82. The highest BCUT2D eigenvalue weighted by Gasteiger charge is 2.16. The van der Waals surface area contributed by atoms with Crippen LogP contribution in [0.2, 0.25) is 10.0 Å². The van der Waals surface area contributed by atoms with Crippen molar-refractivity contribution in [3.05, 3.63) is 57.6 Å². The zero-order chi connectivity index (χ0) is 19.5. The van der Waals surface area contributed by atoms with Gasteiger partial charge in [-0.3, -0.25) is 4.79 Å². The van der Waals surface area contributed by atoms with Gasteiger partial charge in [0.15, 0.2) is 0 Å². The predicted molar refractivity (Wildman–Crippen MR) is 105 cm³/mol. The average Bonchev–Trinajstić information content (AvgIpc) is 2.56. The lowest BCUT2D eigenvalue weighted by Gasteiger charge is -2.23. The Morgan fingerprint density at radius 3 is 2.42 bits per heavy atom. The summed E-state index contributed by atoms with van der Waals surface area (Å²) in [6, 6.07) is 9.09. The highest BCUT2D eigenvalue weighted by Crippen LogP contribution is 2.28. The van der Waals surface area contributed by atoms with Crippen LogP contribution in [0.5, 0.6) is 5.75 Å². The minimum atomic E-state index is -0.782. The van der Waals surface area contributed by atoms with Gasteiger partial charge in [-0.15, -0.1) is 0 Å². The zero-order valence-corrected chi connectivity index (χ0v) is 16.3. The van der Waals surface area contributed by atoms with E-state index in [0.717, 1.165) is 0 Å². The van der Waals surface area contributed by atoms with Crippen molar-refractivity contribution in [2.75, 3.05) is 11.9 Å². The molecule has 0 aromatic heterocycles. The first kappa shape index (κ1) is 20.5. The third-order valence-electron chi connectivity index (χ3n) is 3.66. The standard InChI is InChI=1S/C19H22Cl2N2O3/c1-19(2,3)22-10-17(25)11-5-7-16(24)15(9-11)23-18(26)12-4-6-13(20)14(21)8-12/h4-9,17,22,24-25H,10H2,1-3H3,(H,23,26). The highest BCUT2D eigenvalue weighted by molar-refractivity contribution is 6.42. The molecule has 0 bridgehead atoms. The molecule has 7 heteroatoms. The molecule has 26 heavy (non-hydrogen) atoms. The fourth-order valence-corrected chi connectivity index (χ4v) is 2.51. The first-order valence-corrected chi connectivity index (χ1v) is 8.85. The Morgan fingerprint density at radius 2 is 1.81 bits per heavy atom. The zero-order valence-electron chi connectivity index (χ0n) is 14.8. The molecule has 0 saturated heterocycles. The van der Waals surface area contributed by atoms with Crippen LogP contribution in [0.1, 0.15) is 42.8 Å². The van der Waals surface area contributed by atoms with E-state index in [4.69, 9.17) is 23.2 Å². The topological polar surface area (TPSA) is 81.6 Å². The molecular formula is C19H22Cl2N2O3. The van der Waals surface area contributed by atoms with Crippen molar-refractivity contribution < 1.29 is 15.0 Å². The number of aromatic hydroxyl groups is 1. The number of amides is 1. The van der Waals surface area contributed by atoms with Gasteiger partial charge in [-0.25, -0.2) is 0 Å². The van der Waals surface area contributed by atoms with Crippen LogP contribution in [-0.4, -0.2) is 28.2 Å². The molecular weight excluding hydrogens is 375 g/mol. The number of aliphatic hydroxyl groups excluding tert-OH is 1. The minimum absolute atomic E-state index is 0.0989. The maximum atomic E-state index is 12.4. The van der Waals surface area contributed by atoms with Crippen LogP contribution in [0.3, 0.4) is 0 Å². The molecule has 1 unspecified atom stereocenters. The first-order chi connectivity index (χ1) is 12.1. The van der Waals surface area contributed by atoms with Gasteiger partial charge in [-0.1, -0.05) is 29.3 Å². The van der Waals surface area contributed by atoms with E-state index in [-0.39, 0.29) is 22.0 Å². The number of hydrogen-bond donors (Lipinski definition) is 4. The molecule has 0 saturated carbocycles. The van der Waals surface area contributed by atoms with Crippen molar-refractivity contribution in [1.29, 1.82) is 0 Å². The number of β-amino-alcohol motifs (C(OH)–C–C–N with tert-alkyl or cyclic N) is 1. The predicted octanol–water partition coefficient (Wildman–Crippen LogP) is 4.37. The molecule has 0 heterocycles. The number of rotatable bonds is 5. The van der Waals surface area contributed by atoms with Gasteiger partial charge in [-0.2, -0.15) is 0 Å². The smallest absolute Gasteiger partial charge is 0.255 e. The van der Waals surface area contributed by atoms with E-state index in [1.54, 1.807) is 12.1 Å². The van der Waals surface area contributed by atoms with Crippen LogP contribution in [0.15, 0.2) is 36.4 Å². The summed E-state index contributed by atoms with van der Waals surface area (Å²) >= 11 is 11.8. The van der Waals surface area contributed by atoms with E-state index < -0.39 is 12.0 Å². The van der Waals surface area contributed by atoms with E-state index in [1.807, 2.05) is 20.8 Å². The van der Waals surface area contributed by atoms with Crippen LogP contribution in [0.25, 0.3) is 0 Å². The lowest BCUT2D eigenvalue weighted by molar-refractivity contribution is 0.102. The molecule has 140 valence electrons. The molecule has 2 aromatic carbocycles. The molecule has 1 atom stereocenters. The number of carbonyl (C=O) groups excluding carboxylic acids is 1. The number of halogens is 2. The molecule has 0 radical (unpaired) electrons. The van der Waals surface area contributed by atoms with Gasteiger partial charge in [0.2, 0.25) is 0 Å². The van der Waals surface area contributed by atoms with Gasteiger partial charge in [-0.05, 0) is 56.7 Å². The number of phenolic OH excluding ortho intramolecular Hbond substituents is 1. The van der Waals surface area contributed by atoms with E-state index in [2.05, 4.69) is 10.6 Å². The summed E-state index contributed by atoms with van der Waals surface area (Å²) in [5, 5.41) is 26.8. The second kappa shape index (κ2) is 8.27. The summed E-state index contributed by atoms with van der Waals surface area (Å²) in [5.74, 6) is -0.545. The molecule has 2 aromatic rings. The summed E-state index contributed by atoms with van der Waals surface area (Å²) < 4.78 is 0. The first-order valence-electron chi connectivity index (χ1n) is 8.09. The fourth-order valence-electron chi connectivity index (χ4n) is 2.21. The van der Waals surface area contributed by atoms with Gasteiger partial charge >= 0.3 is 0 Å². The molecule has 2 rings (SSSR count). The van der Waals surface area contributed by atoms with Crippen LogP contribution in [0.4, 0.5) is 5.69 Å². The van der Waals surface area contributed by atoms with Gasteiger partial charge < -0.3 is 20.8 Å². The van der Waals surface area contributed by atoms with Crippen molar-refractivity contribution in [3.63, 3.8) is 0 Å². The average molecular weight is 397 g/mol. The maximum absolute atomic E-state index is 12.4. The monoisotopic (exact) mass is 396 g/mol. The summed E-state index contributed by atoms with van der Waals surface area (Å²) in [5.41, 5.74) is 0.944. The van der Waals surface area contributed by atoms with Crippen LogP contribution >= 0.6 is 23.2 Å². The maximum Gasteiger partial charge on any atom is 0.255 e. The van der Waals surface area contributed by atoms with Gasteiger partial charge in [0.05, 0.1) is 21.8 Å². The number of aliphatic hydroxyl groups is 1. The lowest BCUT2D eigenvalue weighted by Crippen LogP contribution is -2.38. The summed E-state index contributed by atoms with van der Waals surface area (Å²) in [6.07, 6.45) is -0.782. The molecule has 4 N–H and O–H groups in total. The number of hydrogen-bond acceptors (Lipinski definition) is 4. The van der Waals surface area contributed by atoms with Gasteiger partial charge in [0.25, 0.3) is 5.91 Å². The van der Waals surface area contributed by atoms with E-state index >= 15 is 0 Å². The Morgan fingerprint density at radius 1 is 1.12 bits per heavy atom. The molecule has 1 amide bonds. The number of benzene rings is 2. The molecule has 5 nitrogen and oxygen atoms in total. The molecule has 0 spiro atoms. The summed E-state index contributed by atoms with van der Waals surface area (Å²) in [7, 11) is 0. The normalized spacial score (nSPS) is 12.7. The fraction of sp³-hybridized carbons (Fsp3) is 0.316. The van der Waals surface area contributed by atoms with Crippen LogP contribution < -0.4 is 10.6 Å². The van der Waals surface area contributed by atoms with Crippen molar-refractivity contribution in [2.24, 2.45) is 0 Å². The lowest BCUT2D eigenvalue weighted by atomic mass is 10.0.